The zero-order chi connectivity index (χ0) is 21.6. The van der Waals surface area contributed by atoms with E-state index in [0.717, 1.165) is 0 Å². The summed E-state index contributed by atoms with van der Waals surface area (Å²) in [6, 6.07) is 13.5. The number of sulfonamides is 1. The van der Waals surface area contributed by atoms with Crippen LogP contribution in [0.3, 0.4) is 0 Å². The van der Waals surface area contributed by atoms with E-state index in [1.54, 1.807) is 30.3 Å². The van der Waals surface area contributed by atoms with E-state index in [2.05, 4.69) is 5.32 Å². The maximum Gasteiger partial charge on any atom is 0.328 e. The first-order valence-corrected chi connectivity index (χ1v) is 10.7. The van der Waals surface area contributed by atoms with E-state index in [-0.39, 0.29) is 16.4 Å². The lowest BCUT2D eigenvalue weighted by atomic mass is 9.99. The minimum Gasteiger partial charge on any atom is -0.467 e. The lowest BCUT2D eigenvalue weighted by molar-refractivity contribution is -0.144. The molecule has 8 heteroatoms. The number of carbonyl (C=O) groups excluding carboxylic acids is 2. The van der Waals surface area contributed by atoms with E-state index >= 15 is 0 Å². The average Bonchev–Trinajstić information content (AvgIpc) is 2.76. The first-order chi connectivity index (χ1) is 13.7. The summed E-state index contributed by atoms with van der Waals surface area (Å²) in [5, 5.41) is 2.67. The fraction of sp³-hybridized carbons (Fsp3) is 0.333. The third-order valence-electron chi connectivity index (χ3n) is 4.85. The van der Waals surface area contributed by atoms with Crippen LogP contribution in [0.1, 0.15) is 30.6 Å². The Bertz CT molecular complexity index is 943. The largest absolute Gasteiger partial charge is 0.467 e. The highest BCUT2D eigenvalue weighted by Crippen LogP contribution is 2.22. The highest BCUT2D eigenvalue weighted by atomic mass is 32.2. The van der Waals surface area contributed by atoms with Gasteiger partial charge in [-0.2, -0.15) is 0 Å². The predicted octanol–water partition coefficient (Wildman–Crippen LogP) is 2.83. The SMILES string of the molecule is CC[C@@H](C)[C@H](NC(=O)c1ccc(S(=O)(=O)N(C)c2ccccc2)cc1)C(=O)OC. The number of nitrogens with zero attached hydrogens (tertiary/aromatic N) is 1. The number of ether oxygens (including phenoxy) is 1. The molecule has 2 rings (SSSR count). The average molecular weight is 419 g/mol. The van der Waals surface area contributed by atoms with E-state index < -0.39 is 27.9 Å². The van der Waals surface area contributed by atoms with E-state index in [1.165, 1.54) is 42.7 Å². The van der Waals surface area contributed by atoms with Gasteiger partial charge in [0.25, 0.3) is 15.9 Å². The van der Waals surface area contributed by atoms with Gasteiger partial charge in [0.1, 0.15) is 6.04 Å². The number of carbonyl (C=O) groups is 2. The molecule has 0 saturated heterocycles. The molecule has 0 radical (unpaired) electrons. The van der Waals surface area contributed by atoms with Gasteiger partial charge in [-0.15, -0.1) is 0 Å². The number of anilines is 1. The Morgan fingerprint density at radius 2 is 1.66 bits per heavy atom. The van der Waals surface area contributed by atoms with Crippen molar-refractivity contribution in [3.05, 3.63) is 60.2 Å². The van der Waals surface area contributed by atoms with E-state index in [0.29, 0.717) is 12.1 Å². The smallest absolute Gasteiger partial charge is 0.328 e. The number of hydrogen-bond acceptors (Lipinski definition) is 5. The second kappa shape index (κ2) is 9.56. The van der Waals surface area contributed by atoms with Crippen molar-refractivity contribution in [3.63, 3.8) is 0 Å². The third kappa shape index (κ3) is 5.14. The molecule has 0 heterocycles. The van der Waals surface area contributed by atoms with Gasteiger partial charge in [-0.25, -0.2) is 13.2 Å². The van der Waals surface area contributed by atoms with Crippen molar-refractivity contribution in [2.75, 3.05) is 18.5 Å². The van der Waals surface area contributed by atoms with Crippen molar-refractivity contribution in [2.45, 2.75) is 31.2 Å². The Morgan fingerprint density at radius 1 is 1.07 bits per heavy atom. The lowest BCUT2D eigenvalue weighted by Gasteiger charge is -2.22. The van der Waals surface area contributed by atoms with Gasteiger partial charge in [0.05, 0.1) is 17.7 Å². The number of para-hydroxylation sites is 1. The van der Waals surface area contributed by atoms with E-state index in [1.807, 2.05) is 13.8 Å². The molecule has 0 unspecified atom stereocenters. The Balaban J connectivity index is 2.20. The maximum absolute atomic E-state index is 12.8. The van der Waals surface area contributed by atoms with Gasteiger partial charge in [-0.1, -0.05) is 38.5 Å². The van der Waals surface area contributed by atoms with Crippen LogP contribution in [0, 0.1) is 5.92 Å². The van der Waals surface area contributed by atoms with Gasteiger partial charge < -0.3 is 10.1 Å². The summed E-state index contributed by atoms with van der Waals surface area (Å²) in [6.45, 7) is 3.76. The molecule has 0 aliphatic rings. The Labute approximate surface area is 171 Å². The summed E-state index contributed by atoms with van der Waals surface area (Å²) in [4.78, 5) is 24.5. The molecule has 0 spiro atoms. The summed E-state index contributed by atoms with van der Waals surface area (Å²) in [7, 11) is -1.02. The highest BCUT2D eigenvalue weighted by Gasteiger charge is 2.27. The maximum atomic E-state index is 12.8. The number of rotatable bonds is 8. The van der Waals surface area contributed by atoms with E-state index in [4.69, 9.17) is 4.74 Å². The topological polar surface area (TPSA) is 92.8 Å². The van der Waals surface area contributed by atoms with Crippen LogP contribution in [0.15, 0.2) is 59.5 Å². The van der Waals surface area contributed by atoms with Crippen LogP contribution in [0.5, 0.6) is 0 Å². The number of amides is 1. The van der Waals surface area contributed by atoms with Gasteiger partial charge in [-0.05, 0) is 42.3 Å². The van der Waals surface area contributed by atoms with E-state index in [9.17, 15) is 18.0 Å². The molecule has 0 aliphatic carbocycles. The van der Waals surface area contributed by atoms with Gasteiger partial charge in [-0.3, -0.25) is 9.10 Å². The van der Waals surface area contributed by atoms with Crippen molar-refractivity contribution in [2.24, 2.45) is 5.92 Å². The lowest BCUT2D eigenvalue weighted by Crippen LogP contribution is -2.45. The molecule has 0 fully saturated rings. The summed E-state index contributed by atoms with van der Waals surface area (Å²) < 4.78 is 31.6. The normalized spacial score (nSPS) is 13.2. The van der Waals surface area contributed by atoms with Crippen molar-refractivity contribution in [1.29, 1.82) is 0 Å². The molecular formula is C21H26N2O5S. The van der Waals surface area contributed by atoms with Crippen molar-refractivity contribution >= 4 is 27.6 Å². The van der Waals surface area contributed by atoms with Gasteiger partial charge in [0.2, 0.25) is 0 Å². The second-order valence-corrected chi connectivity index (χ2v) is 8.66. The van der Waals surface area contributed by atoms with Crippen LogP contribution < -0.4 is 9.62 Å². The molecule has 0 bridgehead atoms. The van der Waals surface area contributed by atoms with Crippen molar-refractivity contribution < 1.29 is 22.7 Å². The number of hydrogen-bond donors (Lipinski definition) is 1. The number of benzene rings is 2. The van der Waals surface area contributed by atoms with Crippen molar-refractivity contribution in [3.8, 4) is 0 Å². The molecule has 2 aromatic rings. The molecular weight excluding hydrogens is 392 g/mol. The number of methoxy groups -OCH3 is 1. The standard InChI is InChI=1S/C21H26N2O5S/c1-5-15(2)19(21(25)28-4)22-20(24)16-11-13-18(14-12-16)29(26,27)23(3)17-9-7-6-8-10-17/h6-15,19H,5H2,1-4H3,(H,22,24)/t15-,19+/m1/s1. The minimum atomic E-state index is -3.76. The molecule has 1 N–H and O–H groups in total. The second-order valence-electron chi connectivity index (χ2n) is 6.69. The first kappa shape index (κ1) is 22.4. The quantitative estimate of drug-likeness (QED) is 0.666. The monoisotopic (exact) mass is 418 g/mol. The first-order valence-electron chi connectivity index (χ1n) is 9.25. The molecule has 156 valence electrons. The highest BCUT2D eigenvalue weighted by molar-refractivity contribution is 7.92. The minimum absolute atomic E-state index is 0.0619. The Kier molecular flexibility index (Phi) is 7.39. The molecule has 7 nitrogen and oxygen atoms in total. The fourth-order valence-electron chi connectivity index (χ4n) is 2.73. The molecule has 29 heavy (non-hydrogen) atoms. The molecule has 0 aliphatic heterocycles. The Hall–Kier alpha value is -2.87. The van der Waals surface area contributed by atoms with Crippen molar-refractivity contribution in [1.82, 2.24) is 5.32 Å². The van der Waals surface area contributed by atoms with Crippen LogP contribution >= 0.6 is 0 Å². The summed E-state index contributed by atoms with van der Waals surface area (Å²) in [5.74, 6) is -1.09. The zero-order valence-corrected chi connectivity index (χ0v) is 17.8. The number of esters is 1. The summed E-state index contributed by atoms with van der Waals surface area (Å²) in [6.07, 6.45) is 0.684. The van der Waals surface area contributed by atoms with Crippen LogP contribution in [0.25, 0.3) is 0 Å². The molecule has 2 aromatic carbocycles. The van der Waals surface area contributed by atoms with Crippen LogP contribution in [0.2, 0.25) is 0 Å². The van der Waals surface area contributed by atoms with Gasteiger partial charge >= 0.3 is 5.97 Å². The molecule has 1 amide bonds. The fourth-order valence-corrected chi connectivity index (χ4v) is 3.93. The summed E-state index contributed by atoms with van der Waals surface area (Å²) in [5.41, 5.74) is 0.785. The molecule has 0 saturated carbocycles. The van der Waals surface area contributed by atoms with Gasteiger partial charge in [0, 0.05) is 12.6 Å². The van der Waals surface area contributed by atoms with Crippen LogP contribution in [0.4, 0.5) is 5.69 Å². The third-order valence-corrected chi connectivity index (χ3v) is 6.65. The van der Waals surface area contributed by atoms with Crippen LogP contribution in [-0.2, 0) is 19.6 Å². The Morgan fingerprint density at radius 3 is 2.17 bits per heavy atom. The molecule has 0 aromatic heterocycles. The van der Waals surface area contributed by atoms with Gasteiger partial charge in [0.15, 0.2) is 0 Å². The molecule has 2 atom stereocenters. The number of nitrogens with one attached hydrogen (secondary N) is 1. The summed E-state index contributed by atoms with van der Waals surface area (Å²) >= 11 is 0. The van der Waals surface area contributed by atoms with Crippen LogP contribution in [-0.4, -0.2) is 40.5 Å². The zero-order valence-electron chi connectivity index (χ0n) is 17.0. The predicted molar refractivity (Wildman–Crippen MR) is 111 cm³/mol.